The zero-order chi connectivity index (χ0) is 11.8. The molecule has 0 heterocycles. The van der Waals surface area contributed by atoms with Gasteiger partial charge in [-0.1, -0.05) is 31.5 Å². The number of urea groups is 1. The molecule has 3 N–H and O–H groups in total. The molecule has 0 saturated carbocycles. The van der Waals surface area contributed by atoms with E-state index in [4.69, 9.17) is 5.73 Å². The van der Waals surface area contributed by atoms with Crippen molar-refractivity contribution in [2.24, 2.45) is 10.7 Å². The minimum atomic E-state index is -0.417. The number of nitrogens with zero attached hydrogens (tertiary/aromatic N) is 1. The molecule has 0 spiro atoms. The lowest BCUT2D eigenvalue weighted by Crippen LogP contribution is -2.17. The van der Waals surface area contributed by atoms with E-state index in [0.29, 0.717) is 12.3 Å². The number of para-hydroxylation sites is 1. The van der Waals surface area contributed by atoms with E-state index in [1.54, 1.807) is 12.1 Å². The fourth-order valence-corrected chi connectivity index (χ4v) is 1.22. The molecule has 2 amide bonds. The van der Waals surface area contributed by atoms with Gasteiger partial charge in [0.15, 0.2) is 0 Å². The predicted molar refractivity (Wildman–Crippen MR) is 66.6 cm³/mol. The number of carbonyl (C=O) groups is 1. The highest BCUT2D eigenvalue weighted by molar-refractivity contribution is 5.99. The number of nitrogens with one attached hydrogen (secondary N) is 1. The molecule has 86 valence electrons. The molecule has 0 fully saturated rings. The molecule has 1 aromatic rings. The summed E-state index contributed by atoms with van der Waals surface area (Å²) in [5, 5.41) is 2.64. The summed E-state index contributed by atoms with van der Waals surface area (Å²) >= 11 is 0. The second-order valence-corrected chi connectivity index (χ2v) is 3.50. The van der Waals surface area contributed by atoms with Crippen LogP contribution in [0.5, 0.6) is 0 Å². The molecule has 1 rings (SSSR count). The van der Waals surface area contributed by atoms with Crippen molar-refractivity contribution in [1.29, 1.82) is 0 Å². The van der Waals surface area contributed by atoms with Gasteiger partial charge in [0, 0.05) is 12.1 Å². The van der Waals surface area contributed by atoms with Crippen LogP contribution in [0.25, 0.3) is 0 Å². The fraction of sp³-hybridized carbons (Fsp3) is 0.333. The number of anilines is 1. The maximum Gasteiger partial charge on any atom is 0.347 e. The van der Waals surface area contributed by atoms with Gasteiger partial charge in [0.05, 0.1) is 0 Å². The third kappa shape index (κ3) is 4.59. The molecule has 4 nitrogen and oxygen atoms in total. The van der Waals surface area contributed by atoms with Crippen molar-refractivity contribution in [2.75, 3.05) is 5.32 Å². The highest BCUT2D eigenvalue weighted by Gasteiger charge is 2.00. The van der Waals surface area contributed by atoms with Gasteiger partial charge in [-0.2, -0.15) is 4.99 Å². The molecule has 0 aliphatic rings. The Bertz CT molecular complexity index is 360. The largest absolute Gasteiger partial charge is 0.387 e. The molecule has 0 atom stereocenters. The Kier molecular flexibility index (Phi) is 5.05. The van der Waals surface area contributed by atoms with Gasteiger partial charge in [-0.3, -0.25) is 0 Å². The van der Waals surface area contributed by atoms with Gasteiger partial charge in [-0.05, 0) is 18.6 Å². The quantitative estimate of drug-likeness (QED) is 0.604. The second-order valence-electron chi connectivity index (χ2n) is 3.50. The van der Waals surface area contributed by atoms with Gasteiger partial charge in [0.1, 0.15) is 5.84 Å². The first-order valence-corrected chi connectivity index (χ1v) is 5.41. The molecule has 0 aliphatic heterocycles. The molecule has 0 unspecified atom stereocenters. The van der Waals surface area contributed by atoms with Gasteiger partial charge < -0.3 is 11.1 Å². The maximum atomic E-state index is 11.4. The van der Waals surface area contributed by atoms with Crippen molar-refractivity contribution in [1.82, 2.24) is 0 Å². The summed E-state index contributed by atoms with van der Waals surface area (Å²) in [6.07, 6.45) is 2.66. The third-order valence-corrected chi connectivity index (χ3v) is 2.06. The molecule has 0 radical (unpaired) electrons. The Morgan fingerprint density at radius 1 is 1.38 bits per heavy atom. The molecule has 0 saturated heterocycles. The van der Waals surface area contributed by atoms with E-state index >= 15 is 0 Å². The summed E-state index contributed by atoms with van der Waals surface area (Å²) < 4.78 is 0. The van der Waals surface area contributed by atoms with E-state index < -0.39 is 6.03 Å². The van der Waals surface area contributed by atoms with Crippen molar-refractivity contribution in [3.05, 3.63) is 30.3 Å². The molecule has 1 aromatic carbocycles. The number of rotatable bonds is 4. The summed E-state index contributed by atoms with van der Waals surface area (Å²) in [6.45, 7) is 2.07. The average molecular weight is 219 g/mol. The number of hydrogen-bond donors (Lipinski definition) is 2. The van der Waals surface area contributed by atoms with Crippen LogP contribution < -0.4 is 11.1 Å². The number of carbonyl (C=O) groups excluding carboxylic acids is 1. The van der Waals surface area contributed by atoms with Crippen LogP contribution in [0.15, 0.2) is 35.3 Å². The van der Waals surface area contributed by atoms with Crippen molar-refractivity contribution in [2.45, 2.75) is 26.2 Å². The second kappa shape index (κ2) is 6.61. The highest BCUT2D eigenvalue weighted by Crippen LogP contribution is 2.05. The minimum absolute atomic E-state index is 0.385. The summed E-state index contributed by atoms with van der Waals surface area (Å²) in [7, 11) is 0. The van der Waals surface area contributed by atoms with Gasteiger partial charge in [0.2, 0.25) is 0 Å². The molecule has 4 heteroatoms. The first kappa shape index (κ1) is 12.2. The van der Waals surface area contributed by atoms with Crippen LogP contribution in [0.3, 0.4) is 0 Å². The van der Waals surface area contributed by atoms with E-state index in [-0.39, 0.29) is 0 Å². The molecule has 0 aromatic heterocycles. The number of aliphatic imine (C=N–C) groups is 1. The number of nitrogens with two attached hydrogens (primary N) is 1. The molecule has 0 aliphatic carbocycles. The fourth-order valence-electron chi connectivity index (χ4n) is 1.22. The van der Waals surface area contributed by atoms with Crippen molar-refractivity contribution in [3.8, 4) is 0 Å². The van der Waals surface area contributed by atoms with Crippen LogP contribution >= 0.6 is 0 Å². The van der Waals surface area contributed by atoms with Crippen LogP contribution in [0.1, 0.15) is 26.2 Å². The van der Waals surface area contributed by atoms with E-state index in [1.807, 2.05) is 18.2 Å². The lowest BCUT2D eigenvalue weighted by atomic mass is 10.2. The Morgan fingerprint density at radius 3 is 2.69 bits per heavy atom. The molecule has 16 heavy (non-hydrogen) atoms. The lowest BCUT2D eigenvalue weighted by molar-refractivity contribution is 0.259. The molecule has 0 bridgehead atoms. The number of amides is 2. The number of hydrogen-bond acceptors (Lipinski definition) is 1. The minimum Gasteiger partial charge on any atom is -0.387 e. The Labute approximate surface area is 95.6 Å². The van der Waals surface area contributed by atoms with Crippen molar-refractivity contribution in [3.63, 3.8) is 0 Å². The van der Waals surface area contributed by atoms with E-state index in [9.17, 15) is 4.79 Å². The SMILES string of the molecule is CCCCC(N)=NC(=O)Nc1ccccc1. The first-order valence-electron chi connectivity index (χ1n) is 5.41. The summed E-state index contributed by atoms with van der Waals surface area (Å²) in [6, 6.07) is 8.76. The number of benzene rings is 1. The van der Waals surface area contributed by atoms with Crippen LogP contribution in [0, 0.1) is 0 Å². The topological polar surface area (TPSA) is 67.5 Å². The Hall–Kier alpha value is -1.84. The number of unbranched alkanes of at least 4 members (excludes halogenated alkanes) is 1. The van der Waals surface area contributed by atoms with Crippen LogP contribution in [0.2, 0.25) is 0 Å². The van der Waals surface area contributed by atoms with Crippen LogP contribution in [-0.2, 0) is 0 Å². The predicted octanol–water partition coefficient (Wildman–Crippen LogP) is 2.77. The normalized spacial score (nSPS) is 11.2. The van der Waals surface area contributed by atoms with E-state index in [0.717, 1.165) is 18.5 Å². The standard InChI is InChI=1S/C12H17N3O/c1-2-3-9-11(13)15-12(16)14-10-7-5-4-6-8-10/h4-8H,2-3,9H2,1H3,(H3,13,14,15,16). The summed E-state index contributed by atoms with van der Waals surface area (Å²) in [4.78, 5) is 15.2. The average Bonchev–Trinajstić information content (AvgIpc) is 2.27. The summed E-state index contributed by atoms with van der Waals surface area (Å²) in [5.41, 5.74) is 6.33. The van der Waals surface area contributed by atoms with Crippen LogP contribution in [0.4, 0.5) is 10.5 Å². The molecular weight excluding hydrogens is 202 g/mol. The Balaban J connectivity index is 2.47. The van der Waals surface area contributed by atoms with Crippen molar-refractivity contribution < 1.29 is 4.79 Å². The van der Waals surface area contributed by atoms with Crippen LogP contribution in [-0.4, -0.2) is 11.9 Å². The molecular formula is C12H17N3O. The van der Waals surface area contributed by atoms with Gasteiger partial charge in [0.25, 0.3) is 0 Å². The smallest absolute Gasteiger partial charge is 0.347 e. The van der Waals surface area contributed by atoms with Crippen molar-refractivity contribution >= 4 is 17.6 Å². The lowest BCUT2D eigenvalue weighted by Gasteiger charge is -2.02. The number of amidine groups is 1. The van der Waals surface area contributed by atoms with Gasteiger partial charge in [-0.15, -0.1) is 0 Å². The first-order chi connectivity index (χ1) is 7.72. The van der Waals surface area contributed by atoms with Gasteiger partial charge in [-0.25, -0.2) is 4.79 Å². The maximum absolute atomic E-state index is 11.4. The Morgan fingerprint density at radius 2 is 2.06 bits per heavy atom. The van der Waals surface area contributed by atoms with Gasteiger partial charge >= 0.3 is 6.03 Å². The van der Waals surface area contributed by atoms with E-state index in [1.165, 1.54) is 0 Å². The zero-order valence-corrected chi connectivity index (χ0v) is 9.44. The van der Waals surface area contributed by atoms with E-state index in [2.05, 4.69) is 17.2 Å². The monoisotopic (exact) mass is 219 g/mol. The summed E-state index contributed by atoms with van der Waals surface area (Å²) in [5.74, 6) is 0.385. The zero-order valence-electron chi connectivity index (χ0n) is 9.44. The highest BCUT2D eigenvalue weighted by atomic mass is 16.2. The third-order valence-electron chi connectivity index (χ3n) is 2.06.